The summed E-state index contributed by atoms with van der Waals surface area (Å²) in [6.07, 6.45) is 0. The van der Waals surface area contributed by atoms with Gasteiger partial charge in [0.1, 0.15) is 0 Å². The summed E-state index contributed by atoms with van der Waals surface area (Å²) >= 11 is 0. The Morgan fingerprint density at radius 2 is 2.06 bits per heavy atom. The average Bonchev–Trinajstić information content (AvgIpc) is 2.29. The van der Waals surface area contributed by atoms with Crippen molar-refractivity contribution in [3.63, 3.8) is 0 Å². The molecule has 1 aliphatic heterocycles. The molecule has 1 fully saturated rings. The zero-order valence-corrected chi connectivity index (χ0v) is 11.2. The highest BCUT2D eigenvalue weighted by Crippen LogP contribution is 2.21. The normalized spacial score (nSPS) is 21.6. The van der Waals surface area contributed by atoms with Crippen LogP contribution < -0.4 is 10.2 Å². The van der Waals surface area contributed by atoms with Gasteiger partial charge in [0.05, 0.1) is 5.69 Å². The Labute approximate surface area is 103 Å². The first-order valence-electron chi connectivity index (χ1n) is 6.30. The van der Waals surface area contributed by atoms with Crippen molar-refractivity contribution in [1.82, 2.24) is 15.5 Å². The highest BCUT2D eigenvalue weighted by molar-refractivity contribution is 5.40. The Morgan fingerprint density at radius 1 is 1.29 bits per heavy atom. The first kappa shape index (κ1) is 12.3. The third-order valence-corrected chi connectivity index (χ3v) is 3.21. The number of aromatic nitrogens is 2. The maximum absolute atomic E-state index is 4.37. The number of anilines is 1. The van der Waals surface area contributed by atoms with E-state index in [2.05, 4.69) is 60.2 Å². The van der Waals surface area contributed by atoms with E-state index in [4.69, 9.17) is 0 Å². The third-order valence-electron chi connectivity index (χ3n) is 3.21. The molecule has 0 unspecified atom stereocenters. The third kappa shape index (κ3) is 2.75. The van der Waals surface area contributed by atoms with Crippen molar-refractivity contribution in [1.29, 1.82) is 0 Å². The highest BCUT2D eigenvalue weighted by atomic mass is 15.3. The van der Waals surface area contributed by atoms with Crippen LogP contribution >= 0.6 is 0 Å². The van der Waals surface area contributed by atoms with E-state index in [-0.39, 0.29) is 5.41 Å². The Kier molecular flexibility index (Phi) is 3.33. The maximum atomic E-state index is 4.37. The van der Waals surface area contributed by atoms with E-state index in [0.717, 1.165) is 31.1 Å². The van der Waals surface area contributed by atoms with Crippen LogP contribution in [0.25, 0.3) is 0 Å². The van der Waals surface area contributed by atoms with Gasteiger partial charge in [-0.3, -0.25) is 0 Å². The quantitative estimate of drug-likeness (QED) is 0.801. The van der Waals surface area contributed by atoms with Crippen LogP contribution in [0.3, 0.4) is 0 Å². The molecule has 1 saturated heterocycles. The molecule has 0 spiro atoms. The van der Waals surface area contributed by atoms with Crippen molar-refractivity contribution in [2.45, 2.75) is 39.2 Å². The van der Waals surface area contributed by atoms with Crippen LogP contribution in [0.1, 0.15) is 33.4 Å². The minimum absolute atomic E-state index is 0.0700. The molecular weight excluding hydrogens is 212 g/mol. The van der Waals surface area contributed by atoms with Gasteiger partial charge >= 0.3 is 0 Å². The van der Waals surface area contributed by atoms with Gasteiger partial charge in [-0.1, -0.05) is 20.8 Å². The van der Waals surface area contributed by atoms with E-state index in [1.54, 1.807) is 0 Å². The van der Waals surface area contributed by atoms with E-state index in [9.17, 15) is 0 Å². The fourth-order valence-electron chi connectivity index (χ4n) is 2.06. The lowest BCUT2D eigenvalue weighted by atomic mass is 9.92. The number of rotatable bonds is 1. The summed E-state index contributed by atoms with van der Waals surface area (Å²) in [7, 11) is 0. The van der Waals surface area contributed by atoms with Crippen molar-refractivity contribution >= 4 is 5.82 Å². The molecule has 0 aliphatic carbocycles. The Hall–Kier alpha value is -1.16. The van der Waals surface area contributed by atoms with Crippen molar-refractivity contribution in [3.05, 3.63) is 17.8 Å². The van der Waals surface area contributed by atoms with Gasteiger partial charge in [0.2, 0.25) is 0 Å². The first-order chi connectivity index (χ1) is 7.98. The molecule has 0 radical (unpaired) electrons. The van der Waals surface area contributed by atoms with E-state index in [0.29, 0.717) is 6.04 Å². The maximum Gasteiger partial charge on any atom is 0.151 e. The summed E-state index contributed by atoms with van der Waals surface area (Å²) in [6, 6.07) is 4.67. The standard InChI is InChI=1S/C13H22N4/c1-10-9-14-7-8-17(10)12-6-5-11(15-16-12)13(2,3)4/h5-6,10,14H,7-9H2,1-4H3/t10-/m1/s1. The predicted octanol–water partition coefficient (Wildman–Crippen LogP) is 1.57. The van der Waals surface area contributed by atoms with Gasteiger partial charge in [0.15, 0.2) is 5.82 Å². The molecule has 0 amide bonds. The van der Waals surface area contributed by atoms with Gasteiger partial charge in [-0.05, 0) is 19.1 Å². The Morgan fingerprint density at radius 3 is 2.59 bits per heavy atom. The summed E-state index contributed by atoms with van der Waals surface area (Å²) in [6.45, 7) is 11.7. The molecule has 1 N–H and O–H groups in total. The van der Waals surface area contributed by atoms with Gasteiger partial charge in [0, 0.05) is 31.1 Å². The summed E-state index contributed by atoms with van der Waals surface area (Å²) in [5.74, 6) is 0.993. The van der Waals surface area contributed by atoms with Crippen molar-refractivity contribution in [3.8, 4) is 0 Å². The number of hydrogen-bond donors (Lipinski definition) is 1. The molecule has 0 bridgehead atoms. The molecule has 2 rings (SSSR count). The smallest absolute Gasteiger partial charge is 0.151 e. The molecule has 0 aromatic carbocycles. The fraction of sp³-hybridized carbons (Fsp3) is 0.692. The van der Waals surface area contributed by atoms with Crippen LogP contribution in [0.2, 0.25) is 0 Å². The monoisotopic (exact) mass is 234 g/mol. The molecule has 4 heteroatoms. The molecule has 4 nitrogen and oxygen atoms in total. The molecule has 94 valence electrons. The second-order valence-corrected chi connectivity index (χ2v) is 5.77. The van der Waals surface area contributed by atoms with Crippen LogP contribution in [-0.4, -0.2) is 35.9 Å². The fourth-order valence-corrected chi connectivity index (χ4v) is 2.06. The highest BCUT2D eigenvalue weighted by Gasteiger charge is 2.21. The van der Waals surface area contributed by atoms with Crippen LogP contribution in [-0.2, 0) is 5.41 Å². The molecular formula is C13H22N4. The average molecular weight is 234 g/mol. The lowest BCUT2D eigenvalue weighted by molar-refractivity contribution is 0.493. The molecule has 2 heterocycles. The van der Waals surface area contributed by atoms with E-state index < -0.39 is 0 Å². The second kappa shape index (κ2) is 4.61. The second-order valence-electron chi connectivity index (χ2n) is 5.77. The van der Waals surface area contributed by atoms with Crippen LogP contribution in [0.4, 0.5) is 5.82 Å². The van der Waals surface area contributed by atoms with Gasteiger partial charge in [-0.2, -0.15) is 5.10 Å². The number of hydrogen-bond acceptors (Lipinski definition) is 4. The minimum Gasteiger partial charge on any atom is -0.350 e. The van der Waals surface area contributed by atoms with Crippen LogP contribution in [0.15, 0.2) is 12.1 Å². The summed E-state index contributed by atoms with van der Waals surface area (Å²) in [5.41, 5.74) is 1.12. The summed E-state index contributed by atoms with van der Waals surface area (Å²) in [5, 5.41) is 12.1. The molecule has 1 aliphatic rings. The zero-order chi connectivity index (χ0) is 12.5. The van der Waals surface area contributed by atoms with Crippen LogP contribution in [0.5, 0.6) is 0 Å². The number of nitrogens with zero attached hydrogens (tertiary/aromatic N) is 3. The predicted molar refractivity (Wildman–Crippen MR) is 70.4 cm³/mol. The van der Waals surface area contributed by atoms with Crippen molar-refractivity contribution in [2.24, 2.45) is 0 Å². The lowest BCUT2D eigenvalue weighted by Crippen LogP contribution is -2.50. The van der Waals surface area contributed by atoms with Crippen LogP contribution in [0, 0.1) is 0 Å². The van der Waals surface area contributed by atoms with Crippen molar-refractivity contribution in [2.75, 3.05) is 24.5 Å². The van der Waals surface area contributed by atoms with Gasteiger partial charge in [-0.15, -0.1) is 5.10 Å². The minimum atomic E-state index is 0.0700. The summed E-state index contributed by atoms with van der Waals surface area (Å²) < 4.78 is 0. The van der Waals surface area contributed by atoms with Gasteiger partial charge in [0.25, 0.3) is 0 Å². The summed E-state index contributed by atoms with van der Waals surface area (Å²) in [4.78, 5) is 2.32. The topological polar surface area (TPSA) is 41.0 Å². The molecule has 1 atom stereocenters. The first-order valence-corrected chi connectivity index (χ1v) is 6.30. The van der Waals surface area contributed by atoms with Gasteiger partial charge < -0.3 is 10.2 Å². The molecule has 0 saturated carbocycles. The van der Waals surface area contributed by atoms with Gasteiger partial charge in [-0.25, -0.2) is 0 Å². The number of nitrogens with one attached hydrogen (secondary N) is 1. The lowest BCUT2D eigenvalue weighted by Gasteiger charge is -2.34. The molecule has 1 aromatic rings. The van der Waals surface area contributed by atoms with E-state index in [1.165, 1.54) is 0 Å². The van der Waals surface area contributed by atoms with E-state index in [1.807, 2.05) is 0 Å². The SMILES string of the molecule is C[C@@H]1CNCCN1c1ccc(C(C)(C)C)nn1. The molecule has 17 heavy (non-hydrogen) atoms. The molecule has 1 aromatic heterocycles. The van der Waals surface area contributed by atoms with E-state index >= 15 is 0 Å². The Bertz CT molecular complexity index is 366. The Balaban J connectivity index is 2.17. The largest absolute Gasteiger partial charge is 0.350 e. The zero-order valence-electron chi connectivity index (χ0n) is 11.2. The van der Waals surface area contributed by atoms with Crippen molar-refractivity contribution < 1.29 is 0 Å². The number of piperazine rings is 1.